The number of benzene rings is 1. The van der Waals surface area contributed by atoms with Crippen molar-refractivity contribution in [3.8, 4) is 5.75 Å². The number of hydrogen-bond acceptors (Lipinski definition) is 8. The Hall–Kier alpha value is -2.85. The second-order valence-electron chi connectivity index (χ2n) is 9.37. The van der Waals surface area contributed by atoms with Crippen LogP contribution in [-0.2, 0) is 29.4 Å². The Labute approximate surface area is 219 Å². The molecule has 8 nitrogen and oxygen atoms in total. The first-order valence-corrected chi connectivity index (χ1v) is 13.8. The molecule has 2 aromatic heterocycles. The number of thioether (sulfide) groups is 1. The second-order valence-corrected chi connectivity index (χ2v) is 11.4. The van der Waals surface area contributed by atoms with Crippen molar-refractivity contribution in [1.82, 2.24) is 14.8 Å². The molecule has 0 bridgehead atoms. The zero-order valence-corrected chi connectivity index (χ0v) is 23.1. The third-order valence-electron chi connectivity index (χ3n) is 6.23. The van der Waals surface area contributed by atoms with Crippen LogP contribution in [0.3, 0.4) is 0 Å². The van der Waals surface area contributed by atoms with E-state index in [0.29, 0.717) is 27.5 Å². The Morgan fingerprint density at radius 2 is 1.97 bits per heavy atom. The molecule has 1 aliphatic carbocycles. The Bertz CT molecular complexity index is 1260. The van der Waals surface area contributed by atoms with Crippen LogP contribution in [0.4, 0.5) is 5.00 Å². The molecule has 0 spiro atoms. The van der Waals surface area contributed by atoms with Gasteiger partial charge in [-0.2, -0.15) is 0 Å². The first-order chi connectivity index (χ1) is 17.2. The van der Waals surface area contributed by atoms with E-state index in [4.69, 9.17) is 9.47 Å². The zero-order chi connectivity index (χ0) is 26.0. The summed E-state index contributed by atoms with van der Waals surface area (Å²) < 4.78 is 13.0. The average molecular weight is 529 g/mol. The molecule has 0 saturated heterocycles. The van der Waals surface area contributed by atoms with E-state index in [1.165, 1.54) is 30.2 Å². The minimum Gasteiger partial charge on any atom is -0.483 e. The predicted octanol–water partition coefficient (Wildman–Crippen LogP) is 5.28. The van der Waals surface area contributed by atoms with Crippen molar-refractivity contribution in [3.63, 3.8) is 0 Å². The molecule has 1 amide bonds. The van der Waals surface area contributed by atoms with Crippen molar-refractivity contribution in [2.75, 3.05) is 18.2 Å². The van der Waals surface area contributed by atoms with Gasteiger partial charge in [0.05, 0.1) is 18.4 Å². The average Bonchev–Trinajstić information content (AvgIpc) is 3.35. The van der Waals surface area contributed by atoms with Gasteiger partial charge in [0.1, 0.15) is 10.8 Å². The molecule has 2 heterocycles. The molecule has 1 aromatic carbocycles. The maximum atomic E-state index is 12.8. The lowest BCUT2D eigenvalue weighted by Crippen LogP contribution is -2.17. The fourth-order valence-electron chi connectivity index (χ4n) is 4.51. The summed E-state index contributed by atoms with van der Waals surface area (Å²) in [5.74, 6) is 1.54. The number of anilines is 1. The van der Waals surface area contributed by atoms with Crippen LogP contribution in [0.25, 0.3) is 0 Å². The molecular weight excluding hydrogens is 496 g/mol. The number of esters is 1. The number of carbonyl (C=O) groups excluding carboxylic acids is 2. The van der Waals surface area contributed by atoms with Gasteiger partial charge in [0.25, 0.3) is 0 Å². The van der Waals surface area contributed by atoms with Crippen molar-refractivity contribution < 1.29 is 19.1 Å². The van der Waals surface area contributed by atoms with Gasteiger partial charge in [0, 0.05) is 11.9 Å². The molecule has 36 heavy (non-hydrogen) atoms. The number of aryl methyl sites for hydroxylation is 2. The number of nitrogens with zero attached hydrogens (tertiary/aromatic N) is 3. The van der Waals surface area contributed by atoms with Crippen molar-refractivity contribution in [3.05, 3.63) is 51.2 Å². The normalized spacial score (nSPS) is 15.8. The number of fused-ring (bicyclic) bond motifs is 1. The minimum absolute atomic E-state index is 0.137. The number of amides is 1. The number of nitrogens with one attached hydrogen (secondary N) is 1. The summed E-state index contributed by atoms with van der Waals surface area (Å²) in [5.41, 5.74) is 3.78. The van der Waals surface area contributed by atoms with E-state index in [-0.39, 0.29) is 17.8 Å². The fraction of sp³-hybridized carbons (Fsp3) is 0.462. The lowest BCUT2D eigenvalue weighted by atomic mass is 9.88. The molecule has 0 saturated carbocycles. The molecule has 0 fully saturated rings. The number of thiophene rings is 1. The highest BCUT2D eigenvalue weighted by atomic mass is 32.2. The SMILES string of the molecule is COC(=O)c1c(NC(=O)CSc2nnc(C(C)Oc3cc(C)cc(C)c3)n2C)sc2c1CCC(C)C2. The summed E-state index contributed by atoms with van der Waals surface area (Å²) in [4.78, 5) is 26.5. The Morgan fingerprint density at radius 3 is 2.67 bits per heavy atom. The fourth-order valence-corrected chi connectivity index (χ4v) is 6.65. The van der Waals surface area contributed by atoms with E-state index in [9.17, 15) is 9.59 Å². The highest BCUT2D eigenvalue weighted by Gasteiger charge is 2.29. The topological polar surface area (TPSA) is 95.3 Å². The van der Waals surface area contributed by atoms with E-state index < -0.39 is 5.97 Å². The van der Waals surface area contributed by atoms with Crippen LogP contribution in [0.1, 0.15) is 64.1 Å². The van der Waals surface area contributed by atoms with Crippen molar-refractivity contribution in [2.45, 2.75) is 58.2 Å². The molecule has 0 radical (unpaired) electrons. The number of carbonyl (C=O) groups is 2. The molecule has 1 aliphatic rings. The Morgan fingerprint density at radius 1 is 1.25 bits per heavy atom. The third-order valence-corrected chi connectivity index (χ3v) is 8.42. The molecule has 4 rings (SSSR count). The molecular formula is C26H32N4O4S2. The number of aromatic nitrogens is 3. The van der Waals surface area contributed by atoms with E-state index >= 15 is 0 Å². The first-order valence-electron chi connectivity index (χ1n) is 12.0. The van der Waals surface area contributed by atoms with Crippen LogP contribution in [0.5, 0.6) is 5.75 Å². The van der Waals surface area contributed by atoms with E-state index in [1.807, 2.05) is 44.5 Å². The molecule has 1 N–H and O–H groups in total. The molecule has 192 valence electrons. The summed E-state index contributed by atoms with van der Waals surface area (Å²) in [6, 6.07) is 6.08. The van der Waals surface area contributed by atoms with E-state index in [1.54, 1.807) is 0 Å². The molecule has 2 unspecified atom stereocenters. The lowest BCUT2D eigenvalue weighted by molar-refractivity contribution is -0.113. The zero-order valence-electron chi connectivity index (χ0n) is 21.5. The quantitative estimate of drug-likeness (QED) is 0.314. The van der Waals surface area contributed by atoms with Gasteiger partial charge in [-0.1, -0.05) is 24.8 Å². The van der Waals surface area contributed by atoms with Crippen molar-refractivity contribution in [2.24, 2.45) is 13.0 Å². The smallest absolute Gasteiger partial charge is 0.341 e. The molecule has 0 aliphatic heterocycles. The Balaban J connectivity index is 1.41. The van der Waals surface area contributed by atoms with Crippen molar-refractivity contribution in [1.29, 1.82) is 0 Å². The van der Waals surface area contributed by atoms with E-state index in [2.05, 4.69) is 28.5 Å². The number of rotatable bonds is 8. The van der Waals surface area contributed by atoms with Gasteiger partial charge >= 0.3 is 5.97 Å². The number of hydrogen-bond donors (Lipinski definition) is 1. The second kappa shape index (κ2) is 11.0. The van der Waals surface area contributed by atoms with Gasteiger partial charge in [-0.25, -0.2) is 4.79 Å². The Kier molecular flexibility index (Phi) is 8.04. The number of ether oxygens (including phenoxy) is 2. The monoisotopic (exact) mass is 528 g/mol. The highest BCUT2D eigenvalue weighted by Crippen LogP contribution is 2.40. The third kappa shape index (κ3) is 5.75. The minimum atomic E-state index is -0.402. The lowest BCUT2D eigenvalue weighted by Gasteiger charge is -2.18. The van der Waals surface area contributed by atoms with Gasteiger partial charge in [0.15, 0.2) is 17.1 Å². The van der Waals surface area contributed by atoms with Crippen LogP contribution in [0, 0.1) is 19.8 Å². The largest absolute Gasteiger partial charge is 0.483 e. The summed E-state index contributed by atoms with van der Waals surface area (Å²) in [6.45, 7) is 8.20. The standard InChI is InChI=1S/C26H32N4O4S2/c1-14-7-8-19-20(12-14)36-24(22(19)25(32)33-6)27-21(31)13-35-26-29-28-23(30(26)5)17(4)34-18-10-15(2)9-16(3)11-18/h9-11,14,17H,7-8,12-13H2,1-6H3,(H,27,31). The van der Waals surface area contributed by atoms with Crippen LogP contribution < -0.4 is 10.1 Å². The predicted molar refractivity (Wildman–Crippen MR) is 142 cm³/mol. The highest BCUT2D eigenvalue weighted by molar-refractivity contribution is 7.99. The first kappa shape index (κ1) is 26.2. The van der Waals surface area contributed by atoms with Crippen LogP contribution in [0.15, 0.2) is 23.4 Å². The van der Waals surface area contributed by atoms with Gasteiger partial charge < -0.3 is 19.4 Å². The molecule has 2 atom stereocenters. The van der Waals surface area contributed by atoms with Crippen LogP contribution in [0.2, 0.25) is 0 Å². The summed E-state index contributed by atoms with van der Waals surface area (Å²) in [7, 11) is 3.23. The van der Waals surface area contributed by atoms with Gasteiger partial charge in [-0.3, -0.25) is 4.79 Å². The summed E-state index contributed by atoms with van der Waals surface area (Å²) >= 11 is 2.77. The maximum absolute atomic E-state index is 12.8. The maximum Gasteiger partial charge on any atom is 0.341 e. The van der Waals surface area contributed by atoms with Crippen LogP contribution >= 0.6 is 23.1 Å². The van der Waals surface area contributed by atoms with Crippen molar-refractivity contribution >= 4 is 40.0 Å². The van der Waals surface area contributed by atoms with Gasteiger partial charge in [-0.05, 0) is 74.8 Å². The molecule has 10 heteroatoms. The van der Waals surface area contributed by atoms with Crippen LogP contribution in [-0.4, -0.2) is 39.5 Å². The molecule has 3 aromatic rings. The summed E-state index contributed by atoms with van der Waals surface area (Å²) in [5, 5.41) is 12.7. The van der Waals surface area contributed by atoms with E-state index in [0.717, 1.165) is 46.6 Å². The van der Waals surface area contributed by atoms with Gasteiger partial charge in [0.2, 0.25) is 5.91 Å². The number of methoxy groups -OCH3 is 1. The summed E-state index contributed by atoms with van der Waals surface area (Å²) in [6.07, 6.45) is 2.45. The van der Waals surface area contributed by atoms with Gasteiger partial charge in [-0.15, -0.1) is 21.5 Å².